The van der Waals surface area contributed by atoms with Crippen LogP contribution < -0.4 is 0 Å². The molecule has 0 amide bonds. The molecule has 2 aliphatic rings. The zero-order valence-corrected chi connectivity index (χ0v) is 11.3. The van der Waals surface area contributed by atoms with Crippen molar-refractivity contribution in [1.29, 1.82) is 0 Å². The van der Waals surface area contributed by atoms with Gasteiger partial charge in [-0.25, -0.2) is 0 Å². The van der Waals surface area contributed by atoms with E-state index in [9.17, 15) is 9.00 Å². The minimum absolute atomic E-state index is 0.156. The van der Waals surface area contributed by atoms with Gasteiger partial charge < -0.3 is 4.74 Å². The number of rotatable bonds is 5. The first-order valence-electron chi connectivity index (χ1n) is 6.72. The van der Waals surface area contributed by atoms with Crippen LogP contribution in [0.5, 0.6) is 0 Å². The van der Waals surface area contributed by atoms with Gasteiger partial charge in [-0.2, -0.15) is 0 Å². The van der Waals surface area contributed by atoms with E-state index in [0.29, 0.717) is 35.9 Å². The van der Waals surface area contributed by atoms with E-state index in [1.807, 2.05) is 6.92 Å². The van der Waals surface area contributed by atoms with Gasteiger partial charge >= 0.3 is 0 Å². The Morgan fingerprint density at radius 3 is 2.53 bits per heavy atom. The van der Waals surface area contributed by atoms with E-state index in [0.717, 1.165) is 25.7 Å². The summed E-state index contributed by atoms with van der Waals surface area (Å²) in [5.74, 6) is 0.482. The molecule has 0 saturated carbocycles. The van der Waals surface area contributed by atoms with Crippen molar-refractivity contribution in [1.82, 2.24) is 0 Å². The summed E-state index contributed by atoms with van der Waals surface area (Å²) in [6.07, 6.45) is 5.55. The largest absolute Gasteiger partial charge is 0.381 e. The summed E-state index contributed by atoms with van der Waals surface area (Å²) in [6, 6.07) is 0. The lowest BCUT2D eigenvalue weighted by Crippen LogP contribution is -2.41. The van der Waals surface area contributed by atoms with E-state index in [4.69, 9.17) is 4.74 Å². The van der Waals surface area contributed by atoms with Crippen molar-refractivity contribution in [2.45, 2.75) is 55.9 Å². The number of ether oxygens (including phenoxy) is 1. The number of Topliss-reactive ketones (excluding diaryl/α,β-unsaturated/α-hetero) is 1. The summed E-state index contributed by atoms with van der Waals surface area (Å²) in [7, 11) is -0.664. The average Bonchev–Trinajstić information content (AvgIpc) is 2.28. The van der Waals surface area contributed by atoms with Gasteiger partial charge in [-0.3, -0.25) is 9.00 Å². The van der Waals surface area contributed by atoms with Crippen molar-refractivity contribution in [3.63, 3.8) is 0 Å². The highest BCUT2D eigenvalue weighted by molar-refractivity contribution is 7.86. The third-order valence-electron chi connectivity index (χ3n) is 3.96. The summed E-state index contributed by atoms with van der Waals surface area (Å²) >= 11 is 0. The maximum absolute atomic E-state index is 12.0. The minimum atomic E-state index is -0.664. The molecule has 2 bridgehead atoms. The van der Waals surface area contributed by atoms with Gasteiger partial charge in [0.15, 0.2) is 0 Å². The Morgan fingerprint density at radius 2 is 1.94 bits per heavy atom. The van der Waals surface area contributed by atoms with Crippen LogP contribution in [-0.4, -0.2) is 33.7 Å². The molecule has 17 heavy (non-hydrogen) atoms. The van der Waals surface area contributed by atoms with Crippen LogP contribution in [0.25, 0.3) is 0 Å². The van der Waals surface area contributed by atoms with Crippen LogP contribution in [-0.2, 0) is 20.3 Å². The third-order valence-corrected chi connectivity index (χ3v) is 6.13. The fourth-order valence-corrected chi connectivity index (χ4v) is 5.20. The van der Waals surface area contributed by atoms with Crippen molar-refractivity contribution in [3.8, 4) is 0 Å². The Bertz CT molecular complexity index is 287. The fraction of sp³-hybridized carbons (Fsp3) is 0.923. The van der Waals surface area contributed by atoms with E-state index < -0.39 is 10.8 Å². The van der Waals surface area contributed by atoms with Gasteiger partial charge in [0, 0.05) is 40.2 Å². The summed E-state index contributed by atoms with van der Waals surface area (Å²) in [5, 5.41) is 0.590. The normalized spacial score (nSPS) is 36.8. The second-order valence-corrected chi connectivity index (χ2v) is 7.08. The lowest BCUT2D eigenvalue weighted by Gasteiger charge is -2.37. The van der Waals surface area contributed by atoms with Crippen molar-refractivity contribution in [2.75, 3.05) is 13.2 Å². The molecular weight excluding hydrogens is 236 g/mol. The highest BCUT2D eigenvalue weighted by atomic mass is 32.2. The van der Waals surface area contributed by atoms with Gasteiger partial charge in [0.2, 0.25) is 0 Å². The van der Waals surface area contributed by atoms with E-state index in [2.05, 4.69) is 0 Å². The van der Waals surface area contributed by atoms with Crippen molar-refractivity contribution >= 4 is 16.6 Å². The van der Waals surface area contributed by atoms with Crippen LogP contribution in [0.4, 0.5) is 0 Å². The van der Waals surface area contributed by atoms with Crippen molar-refractivity contribution < 1.29 is 13.7 Å². The summed E-state index contributed by atoms with van der Waals surface area (Å²) in [4.78, 5) is 12.0. The zero-order chi connectivity index (χ0) is 12.3. The van der Waals surface area contributed by atoms with E-state index in [1.54, 1.807) is 0 Å². The molecule has 2 atom stereocenters. The molecular formula is C13H22O3S. The van der Waals surface area contributed by atoms with E-state index >= 15 is 0 Å². The topological polar surface area (TPSA) is 43.4 Å². The van der Waals surface area contributed by atoms with Gasteiger partial charge in [0.1, 0.15) is 5.78 Å². The van der Waals surface area contributed by atoms with Crippen LogP contribution in [0.3, 0.4) is 0 Å². The SMILES string of the molecule is CCOCCC(=O)C1CC2CCCC(C1)S2=O. The van der Waals surface area contributed by atoms with E-state index in [-0.39, 0.29) is 5.92 Å². The number of hydrogen-bond donors (Lipinski definition) is 0. The Balaban J connectivity index is 1.86. The van der Waals surface area contributed by atoms with Gasteiger partial charge in [0.25, 0.3) is 0 Å². The molecule has 0 aliphatic carbocycles. The Morgan fingerprint density at radius 1 is 1.29 bits per heavy atom. The predicted octanol–water partition coefficient (Wildman–Crippen LogP) is 2.06. The maximum Gasteiger partial charge on any atom is 0.138 e. The molecule has 2 rings (SSSR count). The second-order valence-electron chi connectivity index (χ2n) is 5.09. The number of carbonyl (C=O) groups excluding carboxylic acids is 1. The molecule has 98 valence electrons. The number of fused-ring (bicyclic) bond motifs is 2. The second kappa shape index (κ2) is 6.10. The zero-order valence-electron chi connectivity index (χ0n) is 10.5. The molecule has 0 aromatic rings. The standard InChI is InChI=1S/C13H22O3S/c1-2-16-7-6-13(14)10-8-11-4-3-5-12(9-10)17(11)15/h10-12H,2-9H2,1H3. The lowest BCUT2D eigenvalue weighted by molar-refractivity contribution is -0.124. The quantitative estimate of drug-likeness (QED) is 0.709. The number of hydrogen-bond acceptors (Lipinski definition) is 3. The first-order chi connectivity index (χ1) is 8.22. The van der Waals surface area contributed by atoms with Crippen LogP contribution in [0.15, 0.2) is 0 Å². The first-order valence-corrected chi connectivity index (χ1v) is 7.99. The molecule has 0 radical (unpaired) electrons. The van der Waals surface area contributed by atoms with Gasteiger partial charge in [-0.05, 0) is 32.6 Å². The molecule has 0 aromatic heterocycles. The molecule has 0 aromatic carbocycles. The number of carbonyl (C=O) groups is 1. The Labute approximate surface area is 106 Å². The molecule has 2 aliphatic heterocycles. The number of ketones is 1. The molecule has 3 nitrogen and oxygen atoms in total. The Kier molecular flexibility index (Phi) is 4.74. The molecule has 2 saturated heterocycles. The average molecular weight is 258 g/mol. The van der Waals surface area contributed by atoms with Crippen LogP contribution in [0.1, 0.15) is 45.4 Å². The predicted molar refractivity (Wildman–Crippen MR) is 68.4 cm³/mol. The highest BCUT2D eigenvalue weighted by Gasteiger charge is 2.39. The minimum Gasteiger partial charge on any atom is -0.381 e. The van der Waals surface area contributed by atoms with E-state index in [1.165, 1.54) is 6.42 Å². The monoisotopic (exact) mass is 258 g/mol. The fourth-order valence-electron chi connectivity index (χ4n) is 3.02. The van der Waals surface area contributed by atoms with Crippen molar-refractivity contribution in [2.24, 2.45) is 5.92 Å². The van der Waals surface area contributed by atoms with Crippen LogP contribution in [0.2, 0.25) is 0 Å². The first kappa shape index (κ1) is 13.2. The molecule has 2 fully saturated rings. The van der Waals surface area contributed by atoms with Crippen LogP contribution >= 0.6 is 0 Å². The summed E-state index contributed by atoms with van der Waals surface area (Å²) in [5.41, 5.74) is 0. The molecule has 4 heteroatoms. The van der Waals surface area contributed by atoms with Crippen molar-refractivity contribution in [3.05, 3.63) is 0 Å². The summed E-state index contributed by atoms with van der Waals surface area (Å²) in [6.45, 7) is 3.16. The third kappa shape index (κ3) is 3.16. The smallest absolute Gasteiger partial charge is 0.138 e. The maximum atomic E-state index is 12.0. The van der Waals surface area contributed by atoms with Gasteiger partial charge in [-0.15, -0.1) is 0 Å². The molecule has 2 unspecified atom stereocenters. The summed E-state index contributed by atoms with van der Waals surface area (Å²) < 4.78 is 17.2. The van der Waals surface area contributed by atoms with Gasteiger partial charge in [0.05, 0.1) is 6.61 Å². The lowest BCUT2D eigenvalue weighted by atomic mass is 9.86. The highest BCUT2D eigenvalue weighted by Crippen LogP contribution is 2.37. The molecule has 0 N–H and O–H groups in total. The molecule has 2 heterocycles. The van der Waals surface area contributed by atoms with Gasteiger partial charge in [-0.1, -0.05) is 6.42 Å². The van der Waals surface area contributed by atoms with Crippen LogP contribution in [0, 0.1) is 5.92 Å². The molecule has 0 spiro atoms. The Hall–Kier alpha value is -0.220.